The minimum absolute atomic E-state index is 0.0463. The highest BCUT2D eigenvalue weighted by Gasteiger charge is 2.24. The third-order valence-electron chi connectivity index (χ3n) is 4.34. The van der Waals surface area contributed by atoms with E-state index in [-0.39, 0.29) is 12.3 Å². The van der Waals surface area contributed by atoms with Crippen LogP contribution in [-0.4, -0.2) is 30.3 Å². The van der Waals surface area contributed by atoms with Crippen LogP contribution in [0.5, 0.6) is 11.5 Å². The van der Waals surface area contributed by atoms with Gasteiger partial charge in [-0.05, 0) is 42.3 Å². The van der Waals surface area contributed by atoms with Gasteiger partial charge in [-0.1, -0.05) is 18.2 Å². The van der Waals surface area contributed by atoms with E-state index in [4.69, 9.17) is 9.47 Å². The van der Waals surface area contributed by atoms with E-state index in [1.54, 1.807) is 20.4 Å². The highest BCUT2D eigenvalue weighted by Crippen LogP contribution is 2.38. The maximum absolute atomic E-state index is 11.5. The monoisotopic (exact) mass is 383 g/mol. The number of rotatable bonds is 7. The van der Waals surface area contributed by atoms with Crippen molar-refractivity contribution in [3.63, 3.8) is 0 Å². The zero-order chi connectivity index (χ0) is 19.4. The number of nitrogens with zero attached hydrogens (tertiary/aromatic N) is 1. The molecule has 0 aliphatic carbocycles. The fourth-order valence-corrected chi connectivity index (χ4v) is 3.90. The van der Waals surface area contributed by atoms with Gasteiger partial charge in [0, 0.05) is 16.6 Å². The molecule has 0 aliphatic rings. The Balaban J connectivity index is 2.08. The number of carbonyl (C=O) groups is 1. The van der Waals surface area contributed by atoms with Gasteiger partial charge < -0.3 is 14.6 Å². The lowest BCUT2D eigenvalue weighted by Gasteiger charge is -2.18. The number of carboxylic acid groups (broad SMARTS) is 1. The quantitative estimate of drug-likeness (QED) is 0.638. The van der Waals surface area contributed by atoms with Crippen LogP contribution < -0.4 is 9.47 Å². The van der Waals surface area contributed by atoms with E-state index in [2.05, 4.69) is 4.98 Å². The summed E-state index contributed by atoms with van der Waals surface area (Å²) in [5.74, 6) is 0.208. The van der Waals surface area contributed by atoms with Gasteiger partial charge in [0.25, 0.3) is 0 Å². The molecule has 140 valence electrons. The van der Waals surface area contributed by atoms with Crippen molar-refractivity contribution in [3.05, 3.63) is 64.1 Å². The summed E-state index contributed by atoms with van der Waals surface area (Å²) < 4.78 is 10.7. The van der Waals surface area contributed by atoms with Crippen LogP contribution >= 0.6 is 11.3 Å². The first kappa shape index (κ1) is 18.9. The van der Waals surface area contributed by atoms with Crippen molar-refractivity contribution in [1.82, 2.24) is 4.98 Å². The SMILES string of the molecule is COc1ccc(-c2ccc(OC)c(C(CC(=O)O)c3ncc(C)s3)c2)cc1. The summed E-state index contributed by atoms with van der Waals surface area (Å²) >= 11 is 1.51. The van der Waals surface area contributed by atoms with Gasteiger partial charge in [0.2, 0.25) is 0 Å². The number of benzene rings is 2. The van der Waals surface area contributed by atoms with Crippen LogP contribution in [-0.2, 0) is 4.79 Å². The number of hydrogen-bond acceptors (Lipinski definition) is 5. The minimum atomic E-state index is -0.871. The second-order valence-corrected chi connectivity index (χ2v) is 7.41. The number of aromatic nitrogens is 1. The third kappa shape index (κ3) is 4.28. The topological polar surface area (TPSA) is 68.7 Å². The molecule has 3 aromatic rings. The van der Waals surface area contributed by atoms with E-state index >= 15 is 0 Å². The molecule has 1 aromatic heterocycles. The average molecular weight is 383 g/mol. The molecule has 1 unspecified atom stereocenters. The molecular formula is C21H21NO4S. The summed E-state index contributed by atoms with van der Waals surface area (Å²) in [4.78, 5) is 17.0. The van der Waals surface area contributed by atoms with Crippen LogP contribution in [0.1, 0.15) is 27.8 Å². The van der Waals surface area contributed by atoms with Crippen molar-refractivity contribution in [2.45, 2.75) is 19.3 Å². The summed E-state index contributed by atoms with van der Waals surface area (Å²) in [5.41, 5.74) is 2.82. The molecule has 1 N–H and O–H groups in total. The summed E-state index contributed by atoms with van der Waals surface area (Å²) in [6, 6.07) is 13.6. The number of carboxylic acids is 1. The van der Waals surface area contributed by atoms with Crippen molar-refractivity contribution >= 4 is 17.3 Å². The Bertz CT molecular complexity index is 934. The molecule has 2 aromatic carbocycles. The Hall–Kier alpha value is -2.86. The molecular weight excluding hydrogens is 362 g/mol. The highest BCUT2D eigenvalue weighted by molar-refractivity contribution is 7.11. The molecule has 0 amide bonds. The fourth-order valence-electron chi connectivity index (χ4n) is 3.01. The van der Waals surface area contributed by atoms with E-state index in [1.165, 1.54) is 11.3 Å². The zero-order valence-corrected chi connectivity index (χ0v) is 16.2. The third-order valence-corrected chi connectivity index (χ3v) is 5.37. The summed E-state index contributed by atoms with van der Waals surface area (Å²) in [6.45, 7) is 1.96. The first-order valence-corrected chi connectivity index (χ1v) is 9.30. The largest absolute Gasteiger partial charge is 0.497 e. The normalized spacial score (nSPS) is 11.8. The molecule has 3 rings (SSSR count). The predicted molar refractivity (Wildman–Crippen MR) is 106 cm³/mol. The molecule has 27 heavy (non-hydrogen) atoms. The molecule has 0 bridgehead atoms. The number of thiazole rings is 1. The van der Waals surface area contributed by atoms with E-state index in [9.17, 15) is 9.90 Å². The molecule has 1 atom stereocenters. The van der Waals surface area contributed by atoms with Gasteiger partial charge in [-0.3, -0.25) is 4.79 Å². The number of aryl methyl sites for hydroxylation is 1. The van der Waals surface area contributed by atoms with Crippen LogP contribution in [0.25, 0.3) is 11.1 Å². The summed E-state index contributed by atoms with van der Waals surface area (Å²) in [7, 11) is 3.23. The standard InChI is InChI=1S/C21H21NO4S/c1-13-12-22-21(27-13)18(11-20(23)24)17-10-15(6-9-19(17)26-3)14-4-7-16(25-2)8-5-14/h4-10,12,18H,11H2,1-3H3,(H,23,24). The van der Waals surface area contributed by atoms with Gasteiger partial charge in [0.1, 0.15) is 16.5 Å². The first-order valence-electron chi connectivity index (χ1n) is 8.48. The van der Waals surface area contributed by atoms with Crippen molar-refractivity contribution in [3.8, 4) is 22.6 Å². The van der Waals surface area contributed by atoms with Gasteiger partial charge in [0.05, 0.1) is 26.6 Å². The zero-order valence-electron chi connectivity index (χ0n) is 15.4. The minimum Gasteiger partial charge on any atom is -0.497 e. The van der Waals surface area contributed by atoms with E-state index < -0.39 is 5.97 Å². The molecule has 0 radical (unpaired) electrons. The number of methoxy groups -OCH3 is 2. The van der Waals surface area contributed by atoms with Gasteiger partial charge in [0.15, 0.2) is 0 Å². The highest BCUT2D eigenvalue weighted by atomic mass is 32.1. The van der Waals surface area contributed by atoms with E-state index in [1.807, 2.05) is 49.4 Å². The Labute approximate surface area is 162 Å². The van der Waals surface area contributed by atoms with Crippen molar-refractivity contribution < 1.29 is 19.4 Å². The fraction of sp³-hybridized carbons (Fsp3) is 0.238. The molecule has 1 heterocycles. The van der Waals surface area contributed by atoms with Crippen molar-refractivity contribution in [1.29, 1.82) is 0 Å². The molecule has 0 spiro atoms. The molecule has 0 saturated heterocycles. The van der Waals surface area contributed by atoms with E-state index in [0.29, 0.717) is 5.75 Å². The van der Waals surface area contributed by atoms with Crippen LogP contribution in [0.15, 0.2) is 48.7 Å². The summed E-state index contributed by atoms with van der Waals surface area (Å²) in [5, 5.41) is 10.2. The Kier molecular flexibility index (Phi) is 5.76. The predicted octanol–water partition coefficient (Wildman–Crippen LogP) is 4.74. The molecule has 0 aliphatic heterocycles. The van der Waals surface area contributed by atoms with Crippen molar-refractivity contribution in [2.24, 2.45) is 0 Å². The lowest BCUT2D eigenvalue weighted by atomic mass is 9.92. The maximum atomic E-state index is 11.5. The Morgan fingerprint density at radius 3 is 2.37 bits per heavy atom. The smallest absolute Gasteiger partial charge is 0.304 e. The van der Waals surface area contributed by atoms with Crippen molar-refractivity contribution in [2.75, 3.05) is 14.2 Å². The maximum Gasteiger partial charge on any atom is 0.304 e. The van der Waals surface area contributed by atoms with Gasteiger partial charge in [-0.15, -0.1) is 11.3 Å². The van der Waals surface area contributed by atoms with Gasteiger partial charge in [-0.2, -0.15) is 0 Å². The number of aliphatic carboxylic acids is 1. The van der Waals surface area contributed by atoms with Crippen LogP contribution in [0.4, 0.5) is 0 Å². The molecule has 6 heteroatoms. The second kappa shape index (κ2) is 8.22. The lowest BCUT2D eigenvalue weighted by Crippen LogP contribution is -2.09. The first-order chi connectivity index (χ1) is 13.0. The van der Waals surface area contributed by atoms with Crippen LogP contribution in [0.2, 0.25) is 0 Å². The Morgan fingerprint density at radius 1 is 1.11 bits per heavy atom. The second-order valence-electron chi connectivity index (χ2n) is 6.14. The average Bonchev–Trinajstić information content (AvgIpc) is 3.11. The lowest BCUT2D eigenvalue weighted by molar-refractivity contribution is -0.137. The summed E-state index contributed by atoms with van der Waals surface area (Å²) in [6.07, 6.45) is 1.73. The van der Waals surface area contributed by atoms with Crippen LogP contribution in [0, 0.1) is 6.92 Å². The molecule has 5 nitrogen and oxygen atoms in total. The molecule has 0 fully saturated rings. The van der Waals surface area contributed by atoms with E-state index in [0.717, 1.165) is 32.3 Å². The van der Waals surface area contributed by atoms with Gasteiger partial charge in [-0.25, -0.2) is 4.98 Å². The molecule has 0 saturated carbocycles. The van der Waals surface area contributed by atoms with Gasteiger partial charge >= 0.3 is 5.97 Å². The number of hydrogen-bond donors (Lipinski definition) is 1. The Morgan fingerprint density at radius 2 is 1.81 bits per heavy atom. The number of ether oxygens (including phenoxy) is 2. The van der Waals surface area contributed by atoms with Crippen LogP contribution in [0.3, 0.4) is 0 Å².